The summed E-state index contributed by atoms with van der Waals surface area (Å²) in [6.07, 6.45) is 0.657. The van der Waals surface area contributed by atoms with Crippen LogP contribution in [-0.4, -0.2) is 31.1 Å². The van der Waals surface area contributed by atoms with Gasteiger partial charge in [0.2, 0.25) is 0 Å². The van der Waals surface area contributed by atoms with Crippen molar-refractivity contribution in [1.29, 1.82) is 0 Å². The summed E-state index contributed by atoms with van der Waals surface area (Å²) in [5, 5.41) is 12.1. The van der Waals surface area contributed by atoms with Crippen molar-refractivity contribution >= 4 is 0 Å². The highest BCUT2D eigenvalue weighted by Gasteiger charge is 2.09. The van der Waals surface area contributed by atoms with Crippen LogP contribution >= 0.6 is 0 Å². The Hall–Kier alpha value is -0.900. The molecule has 0 aliphatic rings. The molecule has 2 unspecified atom stereocenters. The van der Waals surface area contributed by atoms with Crippen molar-refractivity contribution in [3.05, 3.63) is 35.9 Å². The molecule has 3 nitrogen and oxygen atoms in total. The third-order valence-corrected chi connectivity index (χ3v) is 2.31. The van der Waals surface area contributed by atoms with Crippen LogP contribution in [0.15, 0.2) is 30.3 Å². The largest absolute Gasteiger partial charge is 0.392 e. The molecule has 84 valence electrons. The number of methoxy groups -OCH3 is 1. The summed E-state index contributed by atoms with van der Waals surface area (Å²) < 4.78 is 5.05. The molecule has 0 aliphatic heterocycles. The molecular weight excluding hydrogens is 190 g/mol. The highest BCUT2D eigenvalue weighted by molar-refractivity contribution is 5.15. The third kappa shape index (κ3) is 4.42. The molecule has 0 radical (unpaired) electrons. The van der Waals surface area contributed by atoms with Gasteiger partial charge >= 0.3 is 0 Å². The fourth-order valence-electron chi connectivity index (χ4n) is 1.54. The molecular formula is C12H19NO2. The number of aliphatic hydroxyl groups excluding tert-OH is 1. The van der Waals surface area contributed by atoms with Gasteiger partial charge in [-0.2, -0.15) is 0 Å². The first-order chi connectivity index (χ1) is 7.26. The van der Waals surface area contributed by atoms with Crippen LogP contribution in [0.25, 0.3) is 0 Å². The Kier molecular flexibility index (Phi) is 5.32. The molecule has 0 spiro atoms. The van der Waals surface area contributed by atoms with E-state index in [4.69, 9.17) is 9.84 Å². The van der Waals surface area contributed by atoms with Gasteiger partial charge in [0.25, 0.3) is 0 Å². The smallest absolute Gasteiger partial charge is 0.131 e. The van der Waals surface area contributed by atoms with E-state index in [9.17, 15) is 0 Å². The molecule has 0 aromatic heterocycles. The lowest BCUT2D eigenvalue weighted by molar-refractivity contribution is 0.0183. The number of ether oxygens (including phenoxy) is 1. The summed E-state index contributed by atoms with van der Waals surface area (Å²) >= 11 is 0. The molecule has 2 N–H and O–H groups in total. The van der Waals surface area contributed by atoms with Crippen molar-refractivity contribution in [3.8, 4) is 0 Å². The molecule has 0 aliphatic carbocycles. The second-order valence-corrected chi connectivity index (χ2v) is 3.66. The van der Waals surface area contributed by atoms with E-state index in [2.05, 4.69) is 24.4 Å². The first-order valence-electron chi connectivity index (χ1n) is 5.20. The maximum absolute atomic E-state index is 8.95. The van der Waals surface area contributed by atoms with Gasteiger partial charge in [0.15, 0.2) is 0 Å². The Labute approximate surface area is 91.1 Å². The van der Waals surface area contributed by atoms with Crippen molar-refractivity contribution < 1.29 is 9.84 Å². The quantitative estimate of drug-likeness (QED) is 0.691. The van der Waals surface area contributed by atoms with Crippen molar-refractivity contribution in [1.82, 2.24) is 5.32 Å². The second kappa shape index (κ2) is 6.56. The summed E-state index contributed by atoms with van der Waals surface area (Å²) in [7, 11) is 1.59. The molecule has 1 aromatic rings. The highest BCUT2D eigenvalue weighted by atomic mass is 16.5. The molecule has 15 heavy (non-hydrogen) atoms. The maximum Gasteiger partial charge on any atom is 0.131 e. The van der Waals surface area contributed by atoms with Gasteiger partial charge in [0, 0.05) is 13.2 Å². The van der Waals surface area contributed by atoms with Crippen LogP contribution in [0.5, 0.6) is 0 Å². The summed E-state index contributed by atoms with van der Waals surface area (Å²) in [5.74, 6) is 0. The van der Waals surface area contributed by atoms with Crippen LogP contribution in [-0.2, 0) is 11.2 Å². The molecule has 0 saturated carbocycles. The van der Waals surface area contributed by atoms with Crippen molar-refractivity contribution in [2.45, 2.75) is 25.6 Å². The van der Waals surface area contributed by atoms with Crippen LogP contribution in [0, 0.1) is 0 Å². The zero-order valence-electron chi connectivity index (χ0n) is 9.31. The predicted molar refractivity (Wildman–Crippen MR) is 60.6 cm³/mol. The van der Waals surface area contributed by atoms with E-state index >= 15 is 0 Å². The Morgan fingerprint density at radius 2 is 2.00 bits per heavy atom. The number of benzene rings is 1. The summed E-state index contributed by atoms with van der Waals surface area (Å²) in [4.78, 5) is 0. The SMILES string of the molecule is COC(CO)NC(C)Cc1ccccc1. The van der Waals surface area contributed by atoms with Crippen LogP contribution in [0.4, 0.5) is 0 Å². The van der Waals surface area contributed by atoms with Crippen LogP contribution in [0.2, 0.25) is 0 Å². The number of hydrogen-bond donors (Lipinski definition) is 2. The van der Waals surface area contributed by atoms with Gasteiger partial charge in [-0.1, -0.05) is 30.3 Å². The average molecular weight is 209 g/mol. The number of hydrogen-bond acceptors (Lipinski definition) is 3. The lowest BCUT2D eigenvalue weighted by atomic mass is 10.1. The third-order valence-electron chi connectivity index (χ3n) is 2.31. The molecule has 0 amide bonds. The van der Waals surface area contributed by atoms with Gasteiger partial charge in [0.1, 0.15) is 6.23 Å². The monoisotopic (exact) mass is 209 g/mol. The average Bonchev–Trinajstić information content (AvgIpc) is 2.27. The first-order valence-corrected chi connectivity index (χ1v) is 5.20. The van der Waals surface area contributed by atoms with Gasteiger partial charge in [0.05, 0.1) is 6.61 Å². The Morgan fingerprint density at radius 1 is 1.33 bits per heavy atom. The molecule has 2 atom stereocenters. The molecule has 0 heterocycles. The van der Waals surface area contributed by atoms with E-state index in [1.165, 1.54) is 5.56 Å². The number of nitrogens with one attached hydrogen (secondary N) is 1. The molecule has 0 fully saturated rings. The van der Waals surface area contributed by atoms with E-state index < -0.39 is 0 Å². The van der Waals surface area contributed by atoms with E-state index in [0.29, 0.717) is 0 Å². The summed E-state index contributed by atoms with van der Waals surface area (Å²) in [5.41, 5.74) is 1.28. The molecule has 1 rings (SSSR count). The standard InChI is InChI=1S/C12H19NO2/c1-10(13-12(9-14)15-2)8-11-6-4-3-5-7-11/h3-7,10,12-14H,8-9H2,1-2H3. The second-order valence-electron chi connectivity index (χ2n) is 3.66. The van der Waals surface area contributed by atoms with E-state index in [1.807, 2.05) is 18.2 Å². The van der Waals surface area contributed by atoms with E-state index in [0.717, 1.165) is 6.42 Å². The molecule has 1 aromatic carbocycles. The van der Waals surface area contributed by atoms with Gasteiger partial charge in [-0.05, 0) is 18.9 Å². The Bertz CT molecular complexity index is 260. The zero-order valence-corrected chi connectivity index (χ0v) is 9.31. The van der Waals surface area contributed by atoms with Crippen molar-refractivity contribution in [3.63, 3.8) is 0 Å². The summed E-state index contributed by atoms with van der Waals surface area (Å²) in [6, 6.07) is 10.5. The lowest BCUT2D eigenvalue weighted by Crippen LogP contribution is -2.41. The van der Waals surface area contributed by atoms with Crippen LogP contribution in [0.3, 0.4) is 0 Å². The maximum atomic E-state index is 8.95. The van der Waals surface area contributed by atoms with Gasteiger partial charge < -0.3 is 9.84 Å². The summed E-state index contributed by atoms with van der Waals surface area (Å²) in [6.45, 7) is 2.07. The van der Waals surface area contributed by atoms with Crippen molar-refractivity contribution in [2.24, 2.45) is 0 Å². The van der Waals surface area contributed by atoms with E-state index in [1.54, 1.807) is 7.11 Å². The van der Waals surface area contributed by atoms with Crippen molar-refractivity contribution in [2.75, 3.05) is 13.7 Å². The predicted octanol–water partition coefficient (Wildman–Crippen LogP) is 1.17. The lowest BCUT2D eigenvalue weighted by Gasteiger charge is -2.20. The molecule has 0 saturated heterocycles. The molecule has 0 bridgehead atoms. The fraction of sp³-hybridized carbons (Fsp3) is 0.500. The number of aliphatic hydroxyl groups is 1. The van der Waals surface area contributed by atoms with Crippen LogP contribution in [0.1, 0.15) is 12.5 Å². The van der Waals surface area contributed by atoms with Gasteiger partial charge in [-0.3, -0.25) is 5.32 Å². The van der Waals surface area contributed by atoms with Gasteiger partial charge in [-0.25, -0.2) is 0 Å². The fourth-order valence-corrected chi connectivity index (χ4v) is 1.54. The highest BCUT2D eigenvalue weighted by Crippen LogP contribution is 2.03. The minimum atomic E-state index is -0.274. The van der Waals surface area contributed by atoms with Crippen LogP contribution < -0.4 is 5.32 Å². The number of rotatable bonds is 6. The Morgan fingerprint density at radius 3 is 2.53 bits per heavy atom. The molecule has 3 heteroatoms. The Balaban J connectivity index is 2.39. The minimum absolute atomic E-state index is 0.00434. The first kappa shape index (κ1) is 12.2. The zero-order chi connectivity index (χ0) is 11.1. The topological polar surface area (TPSA) is 41.5 Å². The minimum Gasteiger partial charge on any atom is -0.392 e. The normalized spacial score (nSPS) is 14.9. The van der Waals surface area contributed by atoms with Gasteiger partial charge in [-0.15, -0.1) is 0 Å². The van der Waals surface area contributed by atoms with E-state index in [-0.39, 0.29) is 18.9 Å².